The third-order valence-corrected chi connectivity index (χ3v) is 3.94. The Balaban J connectivity index is 1.74. The Morgan fingerprint density at radius 1 is 0.960 bits per heavy atom. The largest absolute Gasteiger partial charge is 0.465 e. The SMILES string of the molecule is COC(=O)c1ccc(CC(=O)N(O)c2ccc3ccccc3c2)cc1. The normalized spacial score (nSPS) is 10.5. The molecule has 3 aromatic carbocycles. The van der Waals surface area contributed by atoms with E-state index in [-0.39, 0.29) is 6.42 Å². The number of nitrogens with zero attached hydrogens (tertiary/aromatic N) is 1. The van der Waals surface area contributed by atoms with E-state index in [2.05, 4.69) is 4.74 Å². The molecule has 3 aromatic rings. The molecule has 0 aliphatic rings. The molecule has 0 saturated carbocycles. The van der Waals surface area contributed by atoms with Gasteiger partial charge in [-0.1, -0.05) is 42.5 Å². The van der Waals surface area contributed by atoms with Gasteiger partial charge in [0.15, 0.2) is 0 Å². The van der Waals surface area contributed by atoms with Crippen LogP contribution in [0.15, 0.2) is 66.7 Å². The minimum Gasteiger partial charge on any atom is -0.465 e. The molecule has 0 heterocycles. The average molecular weight is 335 g/mol. The number of methoxy groups -OCH3 is 1. The van der Waals surface area contributed by atoms with E-state index in [1.807, 2.05) is 30.3 Å². The maximum atomic E-state index is 12.3. The van der Waals surface area contributed by atoms with Gasteiger partial charge in [0.25, 0.3) is 5.91 Å². The molecule has 0 bridgehead atoms. The number of anilines is 1. The summed E-state index contributed by atoms with van der Waals surface area (Å²) in [6, 6.07) is 19.5. The second-order valence-electron chi connectivity index (χ2n) is 5.60. The number of carbonyl (C=O) groups excluding carboxylic acids is 2. The van der Waals surface area contributed by atoms with Gasteiger partial charge in [-0.25, -0.2) is 4.79 Å². The number of carbonyl (C=O) groups is 2. The van der Waals surface area contributed by atoms with E-state index in [1.54, 1.807) is 36.4 Å². The van der Waals surface area contributed by atoms with Crippen molar-refractivity contribution < 1.29 is 19.5 Å². The summed E-state index contributed by atoms with van der Waals surface area (Å²) in [4.78, 5) is 23.7. The maximum absolute atomic E-state index is 12.3. The van der Waals surface area contributed by atoms with Crippen molar-refractivity contribution in [2.45, 2.75) is 6.42 Å². The molecular weight excluding hydrogens is 318 g/mol. The fourth-order valence-corrected chi connectivity index (χ4v) is 2.58. The van der Waals surface area contributed by atoms with Crippen LogP contribution in [0, 0.1) is 0 Å². The van der Waals surface area contributed by atoms with Gasteiger partial charge >= 0.3 is 5.97 Å². The number of benzene rings is 3. The van der Waals surface area contributed by atoms with Crippen molar-refractivity contribution in [3.05, 3.63) is 77.9 Å². The third-order valence-electron chi connectivity index (χ3n) is 3.94. The van der Waals surface area contributed by atoms with Gasteiger partial charge in [-0.2, -0.15) is 5.06 Å². The molecule has 0 aliphatic carbocycles. The fraction of sp³-hybridized carbons (Fsp3) is 0.100. The number of amides is 1. The summed E-state index contributed by atoms with van der Waals surface area (Å²) in [5.74, 6) is -0.890. The van der Waals surface area contributed by atoms with Gasteiger partial charge in [-0.15, -0.1) is 0 Å². The number of fused-ring (bicyclic) bond motifs is 1. The van der Waals surface area contributed by atoms with Gasteiger partial charge in [-0.3, -0.25) is 10.0 Å². The highest BCUT2D eigenvalue weighted by molar-refractivity contribution is 5.95. The highest BCUT2D eigenvalue weighted by Crippen LogP contribution is 2.22. The van der Waals surface area contributed by atoms with Crippen LogP contribution in [-0.4, -0.2) is 24.2 Å². The van der Waals surface area contributed by atoms with Crippen molar-refractivity contribution in [3.63, 3.8) is 0 Å². The van der Waals surface area contributed by atoms with Crippen LogP contribution in [0.25, 0.3) is 10.8 Å². The topological polar surface area (TPSA) is 66.8 Å². The third kappa shape index (κ3) is 3.67. The molecule has 1 amide bonds. The van der Waals surface area contributed by atoms with E-state index in [9.17, 15) is 14.8 Å². The molecule has 25 heavy (non-hydrogen) atoms. The molecule has 0 spiro atoms. The van der Waals surface area contributed by atoms with E-state index in [0.717, 1.165) is 10.8 Å². The van der Waals surface area contributed by atoms with Crippen molar-refractivity contribution >= 4 is 28.3 Å². The van der Waals surface area contributed by atoms with Gasteiger partial charge < -0.3 is 4.74 Å². The second-order valence-corrected chi connectivity index (χ2v) is 5.60. The van der Waals surface area contributed by atoms with Crippen LogP contribution >= 0.6 is 0 Å². The minimum absolute atomic E-state index is 0.0186. The van der Waals surface area contributed by atoms with Crippen LogP contribution < -0.4 is 5.06 Å². The van der Waals surface area contributed by atoms with E-state index in [1.165, 1.54) is 7.11 Å². The predicted molar refractivity (Wildman–Crippen MR) is 94.7 cm³/mol. The molecule has 126 valence electrons. The number of hydroxylamine groups is 1. The van der Waals surface area contributed by atoms with Crippen molar-refractivity contribution in [1.82, 2.24) is 0 Å². The van der Waals surface area contributed by atoms with Gasteiger partial charge in [0, 0.05) is 0 Å². The zero-order valence-electron chi connectivity index (χ0n) is 13.7. The fourth-order valence-electron chi connectivity index (χ4n) is 2.58. The summed E-state index contributed by atoms with van der Waals surface area (Å²) in [5, 5.41) is 12.8. The molecule has 5 nitrogen and oxygen atoms in total. The van der Waals surface area contributed by atoms with E-state index in [4.69, 9.17) is 0 Å². The standard InChI is InChI=1S/C20H17NO4/c1-25-20(23)16-8-6-14(7-9-16)12-19(22)21(24)18-11-10-15-4-2-3-5-17(15)13-18/h2-11,13,24H,12H2,1H3. The predicted octanol–water partition coefficient (Wildman–Crippen LogP) is 3.59. The van der Waals surface area contributed by atoms with Crippen LogP contribution in [0.5, 0.6) is 0 Å². The van der Waals surface area contributed by atoms with E-state index in [0.29, 0.717) is 21.9 Å². The Bertz CT molecular complexity index is 918. The highest BCUT2D eigenvalue weighted by Gasteiger charge is 2.15. The van der Waals surface area contributed by atoms with Crippen LogP contribution in [0.4, 0.5) is 5.69 Å². The van der Waals surface area contributed by atoms with Gasteiger partial charge in [0.1, 0.15) is 0 Å². The molecule has 0 aromatic heterocycles. The number of esters is 1. The lowest BCUT2D eigenvalue weighted by atomic mass is 10.1. The van der Waals surface area contributed by atoms with Crippen molar-refractivity contribution in [2.75, 3.05) is 12.2 Å². The maximum Gasteiger partial charge on any atom is 0.337 e. The van der Waals surface area contributed by atoms with E-state index < -0.39 is 11.9 Å². The van der Waals surface area contributed by atoms with Crippen LogP contribution in [0.1, 0.15) is 15.9 Å². The Hall–Kier alpha value is -3.18. The molecule has 1 N–H and O–H groups in total. The average Bonchev–Trinajstić information content (AvgIpc) is 2.67. The zero-order valence-corrected chi connectivity index (χ0v) is 13.7. The molecular formula is C20H17NO4. The van der Waals surface area contributed by atoms with Crippen molar-refractivity contribution in [1.29, 1.82) is 0 Å². The minimum atomic E-state index is -0.457. The number of hydrogen-bond acceptors (Lipinski definition) is 4. The highest BCUT2D eigenvalue weighted by atomic mass is 16.5. The number of hydrogen-bond donors (Lipinski definition) is 1. The first-order chi connectivity index (χ1) is 12.1. The molecule has 0 radical (unpaired) electrons. The first-order valence-electron chi connectivity index (χ1n) is 7.76. The molecule has 0 aliphatic heterocycles. The van der Waals surface area contributed by atoms with Gasteiger partial charge in [0.05, 0.1) is 24.8 Å². The number of rotatable bonds is 4. The van der Waals surface area contributed by atoms with Gasteiger partial charge in [0.2, 0.25) is 0 Å². The van der Waals surface area contributed by atoms with Crippen molar-refractivity contribution in [2.24, 2.45) is 0 Å². The lowest BCUT2D eigenvalue weighted by Crippen LogP contribution is -2.28. The molecule has 0 saturated heterocycles. The van der Waals surface area contributed by atoms with Crippen LogP contribution in [-0.2, 0) is 16.0 Å². The smallest absolute Gasteiger partial charge is 0.337 e. The Morgan fingerprint density at radius 3 is 2.32 bits per heavy atom. The van der Waals surface area contributed by atoms with E-state index >= 15 is 0 Å². The quantitative estimate of drug-likeness (QED) is 0.449. The second kappa shape index (κ2) is 7.15. The summed E-state index contributed by atoms with van der Waals surface area (Å²) >= 11 is 0. The molecule has 3 rings (SSSR count). The van der Waals surface area contributed by atoms with Gasteiger partial charge in [-0.05, 0) is 40.6 Å². The molecule has 0 unspecified atom stereocenters. The Kier molecular flexibility index (Phi) is 4.77. The first-order valence-corrected chi connectivity index (χ1v) is 7.76. The molecule has 0 fully saturated rings. The summed E-state index contributed by atoms with van der Waals surface area (Å²) in [6.07, 6.45) is 0.0186. The molecule has 5 heteroatoms. The number of ether oxygens (including phenoxy) is 1. The molecule has 0 atom stereocenters. The first kappa shape index (κ1) is 16.7. The van der Waals surface area contributed by atoms with Crippen LogP contribution in [0.3, 0.4) is 0 Å². The van der Waals surface area contributed by atoms with Crippen LogP contribution in [0.2, 0.25) is 0 Å². The lowest BCUT2D eigenvalue weighted by Gasteiger charge is -2.16. The lowest BCUT2D eigenvalue weighted by molar-refractivity contribution is -0.122. The summed E-state index contributed by atoms with van der Waals surface area (Å²) < 4.78 is 4.63. The Morgan fingerprint density at radius 2 is 1.64 bits per heavy atom. The summed E-state index contributed by atoms with van der Waals surface area (Å²) in [6.45, 7) is 0. The summed E-state index contributed by atoms with van der Waals surface area (Å²) in [7, 11) is 1.31. The zero-order chi connectivity index (χ0) is 17.8. The summed E-state index contributed by atoms with van der Waals surface area (Å²) in [5.41, 5.74) is 1.52. The Labute approximate surface area is 145 Å². The monoisotopic (exact) mass is 335 g/mol. The van der Waals surface area contributed by atoms with Crippen molar-refractivity contribution in [3.8, 4) is 0 Å².